The van der Waals surface area contributed by atoms with Gasteiger partial charge < -0.3 is 15.2 Å². The lowest BCUT2D eigenvalue weighted by Crippen LogP contribution is -2.28. The van der Waals surface area contributed by atoms with Crippen LogP contribution in [0.4, 0.5) is 18.9 Å². The molecular formula is C23H18F3N3O4. The van der Waals surface area contributed by atoms with E-state index in [1.54, 1.807) is 0 Å². The maximum atomic E-state index is 14.9. The smallest absolute Gasteiger partial charge is 0.329 e. The van der Waals surface area contributed by atoms with Crippen LogP contribution in [-0.2, 0) is 18.4 Å². The van der Waals surface area contributed by atoms with Gasteiger partial charge in [0, 0.05) is 18.3 Å². The zero-order valence-electron chi connectivity index (χ0n) is 17.5. The fourth-order valence-electron chi connectivity index (χ4n) is 3.67. The molecule has 0 aliphatic carbocycles. The Kier molecular flexibility index (Phi) is 5.59. The van der Waals surface area contributed by atoms with Gasteiger partial charge in [-0.25, -0.2) is 18.0 Å². The number of amides is 1. The Hall–Kier alpha value is -4.21. The lowest BCUT2D eigenvalue weighted by molar-refractivity contribution is -0.116. The standard InChI is InChI=1S/C23H18F3N3O4/c1-28-21-17(29(23(28)32)11-19(30)27-14-5-3-13(24)4-6-14)8-7-15(25)20(21)12-9-16(26)22(31)18(10-12)33-2/h3-10,31H,11H2,1-2H3,(H,27,30). The lowest BCUT2D eigenvalue weighted by atomic mass is 10.0. The molecule has 1 amide bonds. The maximum Gasteiger partial charge on any atom is 0.329 e. The Morgan fingerprint density at radius 1 is 1.06 bits per heavy atom. The summed E-state index contributed by atoms with van der Waals surface area (Å²) in [5.74, 6) is -3.71. The summed E-state index contributed by atoms with van der Waals surface area (Å²) in [5, 5.41) is 12.3. The zero-order valence-corrected chi connectivity index (χ0v) is 17.5. The Labute approximate surface area is 185 Å². The van der Waals surface area contributed by atoms with Gasteiger partial charge in [0.25, 0.3) is 0 Å². The summed E-state index contributed by atoms with van der Waals surface area (Å²) in [6.07, 6.45) is 0. The molecule has 0 atom stereocenters. The predicted octanol–water partition coefficient (Wildman–Crippen LogP) is 3.78. The number of carbonyl (C=O) groups is 1. The van der Waals surface area contributed by atoms with Crippen molar-refractivity contribution in [2.24, 2.45) is 7.05 Å². The largest absolute Gasteiger partial charge is 0.502 e. The van der Waals surface area contributed by atoms with Crippen molar-refractivity contribution in [1.29, 1.82) is 0 Å². The molecule has 0 saturated heterocycles. The van der Waals surface area contributed by atoms with Gasteiger partial charge in [0.2, 0.25) is 5.91 Å². The van der Waals surface area contributed by atoms with Crippen molar-refractivity contribution in [2.45, 2.75) is 6.54 Å². The number of aryl methyl sites for hydroxylation is 1. The Morgan fingerprint density at radius 3 is 2.42 bits per heavy atom. The number of anilines is 1. The molecule has 1 heterocycles. The number of hydrogen-bond donors (Lipinski definition) is 2. The summed E-state index contributed by atoms with van der Waals surface area (Å²) < 4.78 is 49.5. The zero-order chi connectivity index (χ0) is 23.9. The van der Waals surface area contributed by atoms with Crippen LogP contribution in [0.2, 0.25) is 0 Å². The molecule has 0 aliphatic heterocycles. The molecule has 4 aromatic rings. The van der Waals surface area contributed by atoms with Crippen molar-refractivity contribution >= 4 is 22.6 Å². The van der Waals surface area contributed by atoms with E-state index in [0.717, 1.165) is 21.3 Å². The van der Waals surface area contributed by atoms with Crippen LogP contribution in [0.15, 0.2) is 53.3 Å². The molecular weight excluding hydrogens is 439 g/mol. The summed E-state index contributed by atoms with van der Waals surface area (Å²) in [5.41, 5.74) is 0.0449. The molecule has 0 unspecified atom stereocenters. The van der Waals surface area contributed by atoms with Crippen LogP contribution >= 0.6 is 0 Å². The first-order chi connectivity index (χ1) is 15.7. The first-order valence-corrected chi connectivity index (χ1v) is 9.71. The minimum atomic E-state index is -1.02. The van der Waals surface area contributed by atoms with Crippen LogP contribution in [0.5, 0.6) is 11.5 Å². The third kappa shape index (κ3) is 3.91. The molecule has 7 nitrogen and oxygen atoms in total. The van der Waals surface area contributed by atoms with E-state index in [2.05, 4.69) is 5.32 Å². The molecule has 0 saturated carbocycles. The molecule has 4 rings (SSSR count). The highest BCUT2D eigenvalue weighted by Crippen LogP contribution is 2.38. The second-order valence-electron chi connectivity index (χ2n) is 7.28. The van der Waals surface area contributed by atoms with Gasteiger partial charge in [-0.3, -0.25) is 13.9 Å². The van der Waals surface area contributed by atoms with Gasteiger partial charge >= 0.3 is 5.69 Å². The predicted molar refractivity (Wildman–Crippen MR) is 116 cm³/mol. The monoisotopic (exact) mass is 457 g/mol. The van der Waals surface area contributed by atoms with Gasteiger partial charge in [-0.2, -0.15) is 0 Å². The van der Waals surface area contributed by atoms with Gasteiger partial charge in [0.05, 0.1) is 18.1 Å². The van der Waals surface area contributed by atoms with Gasteiger partial charge in [-0.1, -0.05) is 0 Å². The van der Waals surface area contributed by atoms with Crippen LogP contribution in [0.25, 0.3) is 22.2 Å². The third-order valence-corrected chi connectivity index (χ3v) is 5.22. The highest BCUT2D eigenvalue weighted by Gasteiger charge is 2.22. The number of aromatic hydroxyl groups is 1. The molecule has 3 aromatic carbocycles. The number of phenolic OH excluding ortho intramolecular Hbond substituents is 1. The molecule has 0 fully saturated rings. The number of hydrogen-bond acceptors (Lipinski definition) is 4. The first-order valence-electron chi connectivity index (χ1n) is 9.71. The first kappa shape index (κ1) is 22.0. The number of methoxy groups -OCH3 is 1. The van der Waals surface area contributed by atoms with Crippen LogP contribution in [0, 0.1) is 17.5 Å². The molecule has 2 N–H and O–H groups in total. The molecule has 0 aliphatic rings. The van der Waals surface area contributed by atoms with E-state index in [9.17, 15) is 27.9 Å². The Bertz CT molecular complexity index is 1440. The van der Waals surface area contributed by atoms with Crippen molar-refractivity contribution < 1.29 is 27.8 Å². The van der Waals surface area contributed by atoms with E-state index in [0.29, 0.717) is 5.69 Å². The van der Waals surface area contributed by atoms with Crippen molar-refractivity contribution in [2.75, 3.05) is 12.4 Å². The van der Waals surface area contributed by atoms with Crippen LogP contribution in [-0.4, -0.2) is 27.3 Å². The molecule has 33 heavy (non-hydrogen) atoms. The summed E-state index contributed by atoms with van der Waals surface area (Å²) in [6.45, 7) is -0.397. The SMILES string of the molecule is COc1cc(-c2c(F)ccc3c2n(C)c(=O)n3CC(=O)Nc2ccc(F)cc2)cc(F)c1O. The molecule has 1 aromatic heterocycles. The van der Waals surface area contributed by atoms with Crippen molar-refractivity contribution in [1.82, 2.24) is 9.13 Å². The van der Waals surface area contributed by atoms with Crippen LogP contribution in [0.3, 0.4) is 0 Å². The second-order valence-corrected chi connectivity index (χ2v) is 7.28. The molecule has 10 heteroatoms. The van der Waals surface area contributed by atoms with E-state index in [-0.39, 0.29) is 27.9 Å². The number of nitrogens with one attached hydrogen (secondary N) is 1. The number of ether oxygens (including phenoxy) is 1. The number of halogens is 3. The summed E-state index contributed by atoms with van der Waals surface area (Å²) in [6, 6.07) is 9.73. The minimum absolute atomic E-state index is 0.0359. The fourth-order valence-corrected chi connectivity index (χ4v) is 3.67. The Morgan fingerprint density at radius 2 is 1.76 bits per heavy atom. The number of aromatic nitrogens is 2. The van der Waals surface area contributed by atoms with E-state index in [1.807, 2.05) is 0 Å². The van der Waals surface area contributed by atoms with Gasteiger partial charge in [-0.05, 0) is 54.1 Å². The molecule has 0 bridgehead atoms. The van der Waals surface area contributed by atoms with Crippen LogP contribution < -0.4 is 15.7 Å². The summed E-state index contributed by atoms with van der Waals surface area (Å²) in [4.78, 5) is 25.4. The van der Waals surface area contributed by atoms with Gasteiger partial charge in [-0.15, -0.1) is 0 Å². The van der Waals surface area contributed by atoms with Gasteiger partial charge in [0.1, 0.15) is 18.2 Å². The number of imidazole rings is 1. The van der Waals surface area contributed by atoms with Gasteiger partial charge in [0.15, 0.2) is 17.3 Å². The number of rotatable bonds is 5. The number of benzene rings is 3. The second kappa shape index (κ2) is 8.38. The van der Waals surface area contributed by atoms with E-state index >= 15 is 0 Å². The summed E-state index contributed by atoms with van der Waals surface area (Å²) >= 11 is 0. The van der Waals surface area contributed by atoms with E-state index in [4.69, 9.17) is 4.74 Å². The highest BCUT2D eigenvalue weighted by atomic mass is 19.1. The topological polar surface area (TPSA) is 85.5 Å². The fraction of sp³-hybridized carbons (Fsp3) is 0.130. The number of carbonyl (C=O) groups excluding carboxylic acids is 1. The Balaban J connectivity index is 1.81. The summed E-state index contributed by atoms with van der Waals surface area (Å²) in [7, 11) is 2.62. The average molecular weight is 457 g/mol. The normalized spacial score (nSPS) is 11.1. The lowest BCUT2D eigenvalue weighted by Gasteiger charge is -2.11. The van der Waals surface area contributed by atoms with Crippen LogP contribution in [0.1, 0.15) is 0 Å². The molecule has 0 radical (unpaired) electrons. The average Bonchev–Trinajstić information content (AvgIpc) is 3.02. The van der Waals surface area contributed by atoms with Crippen molar-refractivity contribution in [3.63, 3.8) is 0 Å². The number of nitrogens with zero attached hydrogens (tertiary/aromatic N) is 2. The third-order valence-electron chi connectivity index (χ3n) is 5.22. The van der Waals surface area contributed by atoms with E-state index < -0.39 is 41.3 Å². The van der Waals surface area contributed by atoms with E-state index in [1.165, 1.54) is 50.6 Å². The van der Waals surface area contributed by atoms with Crippen molar-refractivity contribution in [3.05, 3.63) is 76.5 Å². The maximum absolute atomic E-state index is 14.9. The molecule has 170 valence electrons. The number of phenols is 1. The number of fused-ring (bicyclic) bond motifs is 1. The minimum Gasteiger partial charge on any atom is -0.502 e. The molecule has 0 spiro atoms. The van der Waals surface area contributed by atoms with Crippen molar-refractivity contribution in [3.8, 4) is 22.6 Å². The quantitative estimate of drug-likeness (QED) is 0.478. The highest BCUT2D eigenvalue weighted by molar-refractivity contribution is 5.95.